The molecule has 14 heavy (non-hydrogen) atoms. The van der Waals surface area contributed by atoms with Gasteiger partial charge in [-0.15, -0.1) is 0 Å². The van der Waals surface area contributed by atoms with Crippen molar-refractivity contribution in [3.8, 4) is 0 Å². The number of aromatic nitrogens is 2. The second-order valence-corrected chi connectivity index (χ2v) is 3.75. The largest absolute Gasteiger partial charge is 0.346 e. The first kappa shape index (κ1) is 9.28. The van der Waals surface area contributed by atoms with Gasteiger partial charge in [0.25, 0.3) is 0 Å². The number of nitrogens with one attached hydrogen (secondary N) is 1. The third-order valence-corrected chi connectivity index (χ3v) is 2.29. The zero-order valence-electron chi connectivity index (χ0n) is 7.92. The van der Waals surface area contributed by atoms with Gasteiger partial charge in [-0.2, -0.15) is 0 Å². The Morgan fingerprint density at radius 2 is 2.00 bits per heavy atom. The SMILES string of the molecule is Cc1cnc(Cc2ccc(Cl)cc2)[nH]1. The zero-order chi connectivity index (χ0) is 9.97. The standard InChI is InChI=1S/C11H11ClN2/c1-8-7-13-11(14-8)6-9-2-4-10(12)5-3-9/h2-5,7H,6H2,1H3,(H,13,14). The molecule has 1 heterocycles. The molecule has 0 aliphatic rings. The van der Waals surface area contributed by atoms with Crippen molar-refractivity contribution in [3.63, 3.8) is 0 Å². The minimum atomic E-state index is 0.768. The summed E-state index contributed by atoms with van der Waals surface area (Å²) >= 11 is 5.80. The average molecular weight is 207 g/mol. The third-order valence-electron chi connectivity index (χ3n) is 2.04. The molecule has 0 radical (unpaired) electrons. The molecule has 0 atom stereocenters. The molecule has 0 unspecified atom stereocenters. The average Bonchev–Trinajstić information content (AvgIpc) is 2.56. The lowest BCUT2D eigenvalue weighted by molar-refractivity contribution is 1.02. The van der Waals surface area contributed by atoms with Crippen LogP contribution in [0, 0.1) is 6.92 Å². The van der Waals surface area contributed by atoms with E-state index in [1.165, 1.54) is 5.56 Å². The van der Waals surface area contributed by atoms with Crippen LogP contribution in [0.2, 0.25) is 5.02 Å². The predicted octanol–water partition coefficient (Wildman–Crippen LogP) is 2.96. The molecule has 1 N–H and O–H groups in total. The lowest BCUT2D eigenvalue weighted by Gasteiger charge is -1.97. The van der Waals surface area contributed by atoms with Crippen molar-refractivity contribution < 1.29 is 0 Å². The van der Waals surface area contributed by atoms with Crippen LogP contribution in [0.1, 0.15) is 17.1 Å². The van der Waals surface area contributed by atoms with Gasteiger partial charge in [0, 0.05) is 23.3 Å². The molecule has 0 bridgehead atoms. The number of H-pyrrole nitrogens is 1. The number of imidazole rings is 1. The number of hydrogen-bond donors (Lipinski definition) is 1. The molecule has 3 heteroatoms. The van der Waals surface area contributed by atoms with Gasteiger partial charge in [0.2, 0.25) is 0 Å². The van der Waals surface area contributed by atoms with Gasteiger partial charge >= 0.3 is 0 Å². The van der Waals surface area contributed by atoms with Crippen molar-refractivity contribution in [2.24, 2.45) is 0 Å². The fourth-order valence-corrected chi connectivity index (χ4v) is 1.48. The van der Waals surface area contributed by atoms with E-state index in [0.717, 1.165) is 23.0 Å². The maximum Gasteiger partial charge on any atom is 0.110 e. The highest BCUT2D eigenvalue weighted by molar-refractivity contribution is 6.30. The zero-order valence-corrected chi connectivity index (χ0v) is 8.67. The summed E-state index contributed by atoms with van der Waals surface area (Å²) in [4.78, 5) is 7.44. The van der Waals surface area contributed by atoms with E-state index in [2.05, 4.69) is 9.97 Å². The summed E-state index contributed by atoms with van der Waals surface area (Å²) in [6.07, 6.45) is 2.66. The number of nitrogens with zero attached hydrogens (tertiary/aromatic N) is 1. The highest BCUT2D eigenvalue weighted by Crippen LogP contribution is 2.11. The van der Waals surface area contributed by atoms with Crippen LogP contribution in [0.25, 0.3) is 0 Å². The third kappa shape index (κ3) is 2.15. The maximum atomic E-state index is 5.80. The van der Waals surface area contributed by atoms with Gasteiger partial charge in [-0.3, -0.25) is 0 Å². The minimum absolute atomic E-state index is 0.768. The second-order valence-electron chi connectivity index (χ2n) is 3.32. The van der Waals surface area contributed by atoms with E-state index in [9.17, 15) is 0 Å². The highest BCUT2D eigenvalue weighted by Gasteiger charge is 1.99. The van der Waals surface area contributed by atoms with E-state index in [1.54, 1.807) is 0 Å². The number of halogens is 1. The van der Waals surface area contributed by atoms with E-state index < -0.39 is 0 Å². The Morgan fingerprint density at radius 1 is 1.29 bits per heavy atom. The van der Waals surface area contributed by atoms with Crippen LogP contribution in [0.4, 0.5) is 0 Å². The van der Waals surface area contributed by atoms with E-state index >= 15 is 0 Å². The van der Waals surface area contributed by atoms with Crippen molar-refractivity contribution in [2.75, 3.05) is 0 Å². The van der Waals surface area contributed by atoms with Crippen LogP contribution in [-0.2, 0) is 6.42 Å². The van der Waals surface area contributed by atoms with E-state index in [4.69, 9.17) is 11.6 Å². The van der Waals surface area contributed by atoms with Crippen molar-refractivity contribution in [2.45, 2.75) is 13.3 Å². The summed E-state index contributed by atoms with van der Waals surface area (Å²) in [5, 5.41) is 0.768. The first-order valence-electron chi connectivity index (χ1n) is 4.49. The fraction of sp³-hybridized carbons (Fsp3) is 0.182. The molecular weight excluding hydrogens is 196 g/mol. The Balaban J connectivity index is 2.15. The summed E-state index contributed by atoms with van der Waals surface area (Å²) in [6.45, 7) is 2.00. The van der Waals surface area contributed by atoms with Gasteiger partial charge in [0.05, 0.1) is 0 Å². The van der Waals surface area contributed by atoms with Crippen LogP contribution in [0.3, 0.4) is 0 Å². The van der Waals surface area contributed by atoms with E-state index in [0.29, 0.717) is 0 Å². The topological polar surface area (TPSA) is 28.7 Å². The number of hydrogen-bond acceptors (Lipinski definition) is 1. The molecule has 1 aromatic heterocycles. The first-order chi connectivity index (χ1) is 6.74. The predicted molar refractivity (Wildman–Crippen MR) is 57.6 cm³/mol. The molecule has 0 saturated heterocycles. The second kappa shape index (κ2) is 3.84. The molecule has 0 aliphatic carbocycles. The summed E-state index contributed by atoms with van der Waals surface area (Å²) in [7, 11) is 0. The molecule has 0 aliphatic heterocycles. The summed E-state index contributed by atoms with van der Waals surface area (Å²) in [5.74, 6) is 0.991. The van der Waals surface area contributed by atoms with Gasteiger partial charge in [-0.05, 0) is 24.6 Å². The summed E-state index contributed by atoms with van der Waals surface area (Å²) < 4.78 is 0. The molecule has 2 nitrogen and oxygen atoms in total. The van der Waals surface area contributed by atoms with Gasteiger partial charge in [0.1, 0.15) is 5.82 Å². The molecule has 0 amide bonds. The minimum Gasteiger partial charge on any atom is -0.346 e. The van der Waals surface area contributed by atoms with E-state index in [-0.39, 0.29) is 0 Å². The number of aryl methyl sites for hydroxylation is 1. The number of aromatic amines is 1. The number of benzene rings is 1. The van der Waals surface area contributed by atoms with Crippen LogP contribution < -0.4 is 0 Å². The molecule has 0 spiro atoms. The number of rotatable bonds is 2. The monoisotopic (exact) mass is 206 g/mol. The van der Waals surface area contributed by atoms with Crippen LogP contribution in [0.5, 0.6) is 0 Å². The van der Waals surface area contributed by atoms with Crippen molar-refractivity contribution >= 4 is 11.6 Å². The van der Waals surface area contributed by atoms with Gasteiger partial charge < -0.3 is 4.98 Å². The highest BCUT2D eigenvalue weighted by atomic mass is 35.5. The van der Waals surface area contributed by atoms with Crippen molar-refractivity contribution in [1.29, 1.82) is 0 Å². The smallest absolute Gasteiger partial charge is 0.110 e. The molecule has 0 saturated carbocycles. The molecule has 2 rings (SSSR count). The lowest BCUT2D eigenvalue weighted by Crippen LogP contribution is -1.90. The summed E-state index contributed by atoms with van der Waals surface area (Å²) in [6, 6.07) is 7.82. The normalized spacial score (nSPS) is 10.4. The molecular formula is C11H11ClN2. The van der Waals surface area contributed by atoms with Crippen molar-refractivity contribution in [3.05, 3.63) is 52.6 Å². The Kier molecular flexibility index (Phi) is 2.55. The van der Waals surface area contributed by atoms with Crippen molar-refractivity contribution in [1.82, 2.24) is 9.97 Å². The van der Waals surface area contributed by atoms with Gasteiger partial charge in [-0.1, -0.05) is 23.7 Å². The molecule has 2 aromatic rings. The lowest BCUT2D eigenvalue weighted by atomic mass is 10.1. The van der Waals surface area contributed by atoms with E-state index in [1.807, 2.05) is 37.4 Å². The summed E-state index contributed by atoms with van der Waals surface area (Å²) in [5.41, 5.74) is 2.30. The van der Waals surface area contributed by atoms with Crippen LogP contribution >= 0.6 is 11.6 Å². The van der Waals surface area contributed by atoms with Crippen LogP contribution in [0.15, 0.2) is 30.5 Å². The maximum absolute atomic E-state index is 5.80. The fourth-order valence-electron chi connectivity index (χ4n) is 1.35. The molecule has 1 aromatic carbocycles. The van der Waals surface area contributed by atoms with Gasteiger partial charge in [-0.25, -0.2) is 4.98 Å². The molecule has 0 fully saturated rings. The quantitative estimate of drug-likeness (QED) is 0.804. The Morgan fingerprint density at radius 3 is 2.57 bits per heavy atom. The Bertz CT molecular complexity index is 417. The Hall–Kier alpha value is -1.28. The van der Waals surface area contributed by atoms with Gasteiger partial charge in [0.15, 0.2) is 0 Å². The molecule has 72 valence electrons. The first-order valence-corrected chi connectivity index (χ1v) is 4.87. The Labute approximate surface area is 88.0 Å². The van der Waals surface area contributed by atoms with Crippen LogP contribution in [-0.4, -0.2) is 9.97 Å².